The first-order valence-corrected chi connectivity index (χ1v) is 7.47. The van der Waals surface area contributed by atoms with Crippen molar-refractivity contribution < 1.29 is 4.92 Å². The first kappa shape index (κ1) is 16.9. The minimum atomic E-state index is -0.403. The van der Waals surface area contributed by atoms with Crippen molar-refractivity contribution in [3.8, 4) is 0 Å². The average molecular weight is 292 g/mol. The maximum absolute atomic E-state index is 10.6. The second-order valence-electron chi connectivity index (χ2n) is 4.79. The lowest BCUT2D eigenvalue weighted by Gasteiger charge is -2.12. The molecule has 0 aliphatic rings. The molecule has 0 aliphatic heterocycles. The van der Waals surface area contributed by atoms with E-state index in [-0.39, 0.29) is 5.69 Å². The summed E-state index contributed by atoms with van der Waals surface area (Å²) in [4.78, 5) is 14.7. The van der Waals surface area contributed by atoms with E-state index in [0.717, 1.165) is 50.4 Å². The molecule has 116 valence electrons. The number of guanidine groups is 1. The third-order valence-electron chi connectivity index (χ3n) is 2.95. The van der Waals surface area contributed by atoms with Gasteiger partial charge in [-0.15, -0.1) is 0 Å². The van der Waals surface area contributed by atoms with E-state index in [1.54, 1.807) is 12.1 Å². The van der Waals surface area contributed by atoms with Gasteiger partial charge in [-0.25, -0.2) is 0 Å². The van der Waals surface area contributed by atoms with Crippen molar-refractivity contribution in [1.29, 1.82) is 0 Å². The predicted octanol–water partition coefficient (Wildman–Crippen LogP) is 3.55. The van der Waals surface area contributed by atoms with Crippen LogP contribution in [0.5, 0.6) is 0 Å². The number of nitrogens with one attached hydrogen (secondary N) is 2. The smallest absolute Gasteiger partial charge is 0.269 e. The Balaban J connectivity index is 2.65. The van der Waals surface area contributed by atoms with Gasteiger partial charge in [0, 0.05) is 30.9 Å². The third kappa shape index (κ3) is 6.74. The zero-order chi connectivity index (χ0) is 15.5. The van der Waals surface area contributed by atoms with E-state index in [0.29, 0.717) is 0 Å². The summed E-state index contributed by atoms with van der Waals surface area (Å²) in [6.45, 7) is 5.90. The molecule has 1 aromatic carbocycles. The van der Waals surface area contributed by atoms with E-state index in [9.17, 15) is 10.1 Å². The molecule has 0 fully saturated rings. The van der Waals surface area contributed by atoms with Crippen LogP contribution in [0.1, 0.15) is 39.5 Å². The molecule has 6 heteroatoms. The van der Waals surface area contributed by atoms with Crippen molar-refractivity contribution in [3.05, 3.63) is 34.4 Å². The molecule has 0 heterocycles. The highest BCUT2D eigenvalue weighted by Gasteiger charge is 2.05. The maximum Gasteiger partial charge on any atom is 0.269 e. The van der Waals surface area contributed by atoms with Gasteiger partial charge in [0.2, 0.25) is 0 Å². The number of unbranched alkanes of at least 4 members (excludes halogenated alkanes) is 2. The number of hydrogen-bond acceptors (Lipinski definition) is 3. The second kappa shape index (κ2) is 9.74. The van der Waals surface area contributed by atoms with Crippen molar-refractivity contribution in [2.45, 2.75) is 39.5 Å². The van der Waals surface area contributed by atoms with Gasteiger partial charge in [0.1, 0.15) is 0 Å². The first-order valence-electron chi connectivity index (χ1n) is 7.47. The van der Waals surface area contributed by atoms with Crippen LogP contribution in [0.2, 0.25) is 0 Å². The van der Waals surface area contributed by atoms with Gasteiger partial charge in [-0.3, -0.25) is 15.1 Å². The second-order valence-corrected chi connectivity index (χ2v) is 4.79. The van der Waals surface area contributed by atoms with Gasteiger partial charge in [0.15, 0.2) is 5.96 Å². The minimum Gasteiger partial charge on any atom is -0.356 e. The Morgan fingerprint density at radius 3 is 2.43 bits per heavy atom. The van der Waals surface area contributed by atoms with Crippen LogP contribution in [0.3, 0.4) is 0 Å². The van der Waals surface area contributed by atoms with Crippen molar-refractivity contribution in [1.82, 2.24) is 5.32 Å². The largest absolute Gasteiger partial charge is 0.356 e. The summed E-state index contributed by atoms with van der Waals surface area (Å²) in [6, 6.07) is 6.35. The molecule has 0 bridgehead atoms. The Morgan fingerprint density at radius 1 is 1.19 bits per heavy atom. The molecule has 0 aliphatic carbocycles. The van der Waals surface area contributed by atoms with Crippen molar-refractivity contribution in [2.75, 3.05) is 18.4 Å². The van der Waals surface area contributed by atoms with Gasteiger partial charge in [0.05, 0.1) is 4.92 Å². The quantitative estimate of drug-likeness (QED) is 0.252. The Kier molecular flexibility index (Phi) is 7.86. The molecule has 0 spiro atoms. The van der Waals surface area contributed by atoms with E-state index < -0.39 is 4.92 Å². The number of aliphatic imine (C=N–C) groups is 1. The van der Waals surface area contributed by atoms with Crippen LogP contribution in [0.15, 0.2) is 29.3 Å². The van der Waals surface area contributed by atoms with Gasteiger partial charge in [0.25, 0.3) is 5.69 Å². The van der Waals surface area contributed by atoms with E-state index in [1.807, 2.05) is 0 Å². The lowest BCUT2D eigenvalue weighted by molar-refractivity contribution is -0.384. The fraction of sp³-hybridized carbons (Fsp3) is 0.533. The number of benzene rings is 1. The number of rotatable bonds is 8. The molecule has 21 heavy (non-hydrogen) atoms. The Hall–Kier alpha value is -2.11. The number of non-ortho nitro benzene ring substituents is 1. The molecule has 0 aromatic heterocycles. The zero-order valence-electron chi connectivity index (χ0n) is 12.8. The van der Waals surface area contributed by atoms with Crippen molar-refractivity contribution in [3.63, 3.8) is 0 Å². The number of nitro benzene ring substituents is 1. The third-order valence-corrected chi connectivity index (χ3v) is 2.95. The molecule has 0 saturated heterocycles. The van der Waals surface area contributed by atoms with Crippen LogP contribution in [-0.4, -0.2) is 24.0 Å². The molecule has 0 saturated carbocycles. The Bertz CT molecular complexity index is 457. The van der Waals surface area contributed by atoms with Gasteiger partial charge in [-0.05, 0) is 25.0 Å². The van der Waals surface area contributed by atoms with Crippen molar-refractivity contribution >= 4 is 17.3 Å². The lowest BCUT2D eigenvalue weighted by atomic mass is 10.3. The monoisotopic (exact) mass is 292 g/mol. The summed E-state index contributed by atoms with van der Waals surface area (Å²) in [7, 11) is 0. The summed E-state index contributed by atoms with van der Waals surface area (Å²) < 4.78 is 0. The number of nitro groups is 1. The fourth-order valence-corrected chi connectivity index (χ4v) is 1.68. The summed E-state index contributed by atoms with van der Waals surface area (Å²) in [5.41, 5.74) is 0.879. The first-order chi connectivity index (χ1) is 10.2. The van der Waals surface area contributed by atoms with Crippen LogP contribution >= 0.6 is 0 Å². The lowest BCUT2D eigenvalue weighted by Crippen LogP contribution is -2.31. The topological polar surface area (TPSA) is 79.6 Å². The van der Waals surface area contributed by atoms with Gasteiger partial charge < -0.3 is 10.6 Å². The standard InChI is InChI=1S/C15H24N4O2/c1-3-5-11-16-15(17-12-6-4-2)18-13-7-9-14(10-8-13)19(20)21/h7-10H,3-6,11-12H2,1-2H3,(H2,16,17,18). The highest BCUT2D eigenvalue weighted by molar-refractivity contribution is 5.93. The Labute approximate surface area is 125 Å². The van der Waals surface area contributed by atoms with Crippen LogP contribution in [0, 0.1) is 10.1 Å². The molecule has 1 aromatic rings. The molecule has 0 atom stereocenters. The SMILES string of the molecule is CCCCN=C(NCCCC)Nc1ccc([N+](=O)[O-])cc1. The fourth-order valence-electron chi connectivity index (χ4n) is 1.68. The van der Waals surface area contributed by atoms with Crippen molar-refractivity contribution in [2.24, 2.45) is 4.99 Å². The summed E-state index contributed by atoms with van der Waals surface area (Å²) in [5, 5.41) is 17.1. The van der Waals surface area contributed by atoms with Crippen LogP contribution in [-0.2, 0) is 0 Å². The molecule has 0 radical (unpaired) electrons. The van der Waals surface area contributed by atoms with E-state index >= 15 is 0 Å². The number of anilines is 1. The van der Waals surface area contributed by atoms with Gasteiger partial charge >= 0.3 is 0 Å². The molecule has 2 N–H and O–H groups in total. The molecular weight excluding hydrogens is 268 g/mol. The van der Waals surface area contributed by atoms with Gasteiger partial charge in [-0.2, -0.15) is 0 Å². The highest BCUT2D eigenvalue weighted by Crippen LogP contribution is 2.15. The summed E-state index contributed by atoms with van der Waals surface area (Å²) in [6.07, 6.45) is 4.34. The van der Waals surface area contributed by atoms with Crippen LogP contribution in [0.25, 0.3) is 0 Å². The maximum atomic E-state index is 10.6. The highest BCUT2D eigenvalue weighted by atomic mass is 16.6. The number of nitrogens with zero attached hydrogens (tertiary/aromatic N) is 2. The predicted molar refractivity (Wildman–Crippen MR) is 86.8 cm³/mol. The molecule has 1 rings (SSSR count). The van der Waals surface area contributed by atoms with E-state index in [1.165, 1.54) is 12.1 Å². The Morgan fingerprint density at radius 2 is 1.86 bits per heavy atom. The van der Waals surface area contributed by atoms with E-state index in [4.69, 9.17) is 0 Å². The molecule has 6 nitrogen and oxygen atoms in total. The average Bonchev–Trinajstić information content (AvgIpc) is 2.48. The summed E-state index contributed by atoms with van der Waals surface area (Å²) in [5.74, 6) is 0.728. The van der Waals surface area contributed by atoms with Crippen LogP contribution in [0.4, 0.5) is 11.4 Å². The molecule has 0 amide bonds. The number of hydrogen-bond donors (Lipinski definition) is 2. The zero-order valence-corrected chi connectivity index (χ0v) is 12.8. The summed E-state index contributed by atoms with van der Waals surface area (Å²) >= 11 is 0. The normalized spacial score (nSPS) is 11.2. The molecular formula is C15H24N4O2. The minimum absolute atomic E-state index is 0.0870. The van der Waals surface area contributed by atoms with E-state index in [2.05, 4.69) is 29.5 Å². The van der Waals surface area contributed by atoms with Gasteiger partial charge in [-0.1, -0.05) is 26.7 Å². The molecule has 0 unspecified atom stereocenters. The van der Waals surface area contributed by atoms with Crippen LogP contribution < -0.4 is 10.6 Å².